The molecule has 1 aliphatic rings. The van der Waals surface area contributed by atoms with E-state index in [0.29, 0.717) is 6.54 Å². The van der Waals surface area contributed by atoms with Crippen molar-refractivity contribution >= 4 is 11.7 Å². The van der Waals surface area contributed by atoms with Gasteiger partial charge in [-0.1, -0.05) is 61.5 Å². The van der Waals surface area contributed by atoms with Crippen LogP contribution in [0.15, 0.2) is 91.1 Å². The minimum absolute atomic E-state index is 0.105. The number of hydrogen-bond donors (Lipinski definition) is 1. The Morgan fingerprint density at radius 3 is 2.47 bits per heavy atom. The van der Waals surface area contributed by atoms with Gasteiger partial charge in [0.2, 0.25) is 0 Å². The molecule has 1 aromatic heterocycles. The molecule has 2 amide bonds. The molecule has 3 aromatic carbocycles. The van der Waals surface area contributed by atoms with Gasteiger partial charge in [-0.2, -0.15) is 0 Å². The molecule has 1 aliphatic heterocycles. The van der Waals surface area contributed by atoms with E-state index in [1.165, 1.54) is 11.1 Å². The second-order valence-electron chi connectivity index (χ2n) is 8.30. The van der Waals surface area contributed by atoms with E-state index in [-0.39, 0.29) is 12.1 Å². The summed E-state index contributed by atoms with van der Waals surface area (Å²) >= 11 is 0. The monoisotopic (exact) mass is 421 g/mol. The van der Waals surface area contributed by atoms with E-state index in [9.17, 15) is 4.79 Å². The normalized spacial score (nSPS) is 14.9. The molecule has 32 heavy (non-hydrogen) atoms. The predicted octanol–water partition coefficient (Wildman–Crippen LogP) is 6.49. The van der Waals surface area contributed by atoms with Crippen LogP contribution in [0.3, 0.4) is 0 Å². The number of benzene rings is 3. The molecule has 0 aliphatic carbocycles. The van der Waals surface area contributed by atoms with Gasteiger partial charge in [0, 0.05) is 17.6 Å². The average molecular weight is 422 g/mol. The SMILES string of the molecule is CCc1ccc(NC(=O)N2Cc3ccccc3-n3cccc3C2c2ccccc2C)cc1. The molecule has 0 saturated heterocycles. The Bertz CT molecular complexity index is 1260. The lowest BCUT2D eigenvalue weighted by molar-refractivity contribution is 0.194. The van der Waals surface area contributed by atoms with Gasteiger partial charge in [-0.15, -0.1) is 0 Å². The third kappa shape index (κ3) is 3.58. The molecular weight excluding hydrogens is 394 g/mol. The second kappa shape index (κ2) is 8.39. The summed E-state index contributed by atoms with van der Waals surface area (Å²) in [6.07, 6.45) is 3.06. The molecule has 1 N–H and O–H groups in total. The first-order valence-corrected chi connectivity index (χ1v) is 11.1. The highest BCUT2D eigenvalue weighted by atomic mass is 16.2. The van der Waals surface area contributed by atoms with Gasteiger partial charge in [-0.3, -0.25) is 0 Å². The summed E-state index contributed by atoms with van der Waals surface area (Å²) in [5.74, 6) is 0. The summed E-state index contributed by atoms with van der Waals surface area (Å²) in [7, 11) is 0. The van der Waals surface area contributed by atoms with Gasteiger partial charge >= 0.3 is 6.03 Å². The van der Waals surface area contributed by atoms with Crippen LogP contribution in [-0.4, -0.2) is 15.5 Å². The number of nitrogens with zero attached hydrogens (tertiary/aromatic N) is 2. The molecule has 0 bridgehead atoms. The average Bonchev–Trinajstić information content (AvgIpc) is 3.25. The standard InChI is InChI=1S/C28H27N3O/c1-3-21-14-16-23(17-15-21)29-28(32)31-19-22-10-5-7-12-25(22)30-18-8-13-26(30)27(31)24-11-6-4-9-20(24)2/h4-18,27H,3,19H2,1-2H3,(H,29,32). The molecular formula is C28H27N3O. The molecule has 4 nitrogen and oxygen atoms in total. The van der Waals surface area contributed by atoms with Crippen LogP contribution >= 0.6 is 0 Å². The van der Waals surface area contributed by atoms with Crippen molar-refractivity contribution in [3.8, 4) is 5.69 Å². The number of aromatic nitrogens is 1. The van der Waals surface area contributed by atoms with Crippen molar-refractivity contribution in [3.63, 3.8) is 0 Å². The van der Waals surface area contributed by atoms with Crippen molar-refractivity contribution in [1.29, 1.82) is 0 Å². The molecule has 5 rings (SSSR count). The van der Waals surface area contributed by atoms with Crippen LogP contribution in [0.4, 0.5) is 10.5 Å². The third-order valence-electron chi connectivity index (χ3n) is 6.32. The molecule has 1 unspecified atom stereocenters. The number of nitrogens with one attached hydrogen (secondary N) is 1. The fraction of sp³-hybridized carbons (Fsp3) is 0.179. The Morgan fingerprint density at radius 1 is 0.938 bits per heavy atom. The molecule has 0 radical (unpaired) electrons. The highest BCUT2D eigenvalue weighted by molar-refractivity contribution is 5.90. The van der Waals surface area contributed by atoms with E-state index in [2.05, 4.69) is 84.5 Å². The van der Waals surface area contributed by atoms with Crippen molar-refractivity contribution in [1.82, 2.24) is 9.47 Å². The van der Waals surface area contributed by atoms with Gasteiger partial charge in [0.05, 0.1) is 12.2 Å². The number of fused-ring (bicyclic) bond motifs is 3. The zero-order valence-electron chi connectivity index (χ0n) is 18.5. The number of urea groups is 1. The van der Waals surface area contributed by atoms with E-state index in [0.717, 1.165) is 34.6 Å². The molecule has 2 heterocycles. The lowest BCUT2D eigenvalue weighted by Crippen LogP contribution is -2.38. The highest BCUT2D eigenvalue weighted by Gasteiger charge is 2.33. The number of para-hydroxylation sites is 1. The largest absolute Gasteiger partial charge is 0.322 e. The predicted molar refractivity (Wildman–Crippen MR) is 129 cm³/mol. The summed E-state index contributed by atoms with van der Waals surface area (Å²) in [6.45, 7) is 4.76. The maximum absolute atomic E-state index is 13.7. The van der Waals surface area contributed by atoms with E-state index < -0.39 is 0 Å². The highest BCUT2D eigenvalue weighted by Crippen LogP contribution is 2.38. The van der Waals surface area contributed by atoms with Crippen LogP contribution in [0.2, 0.25) is 0 Å². The third-order valence-corrected chi connectivity index (χ3v) is 6.32. The number of carbonyl (C=O) groups excluding carboxylic acids is 1. The number of rotatable bonds is 3. The van der Waals surface area contributed by atoms with Crippen molar-refractivity contribution in [2.24, 2.45) is 0 Å². The Labute approximate surface area is 189 Å². The molecule has 0 fully saturated rings. The first kappa shape index (κ1) is 20.1. The number of hydrogen-bond acceptors (Lipinski definition) is 1. The van der Waals surface area contributed by atoms with Crippen LogP contribution in [-0.2, 0) is 13.0 Å². The number of amides is 2. The maximum Gasteiger partial charge on any atom is 0.322 e. The van der Waals surface area contributed by atoms with Crippen molar-refractivity contribution in [2.75, 3.05) is 5.32 Å². The maximum atomic E-state index is 13.7. The van der Waals surface area contributed by atoms with Crippen LogP contribution in [0.25, 0.3) is 5.69 Å². The second-order valence-corrected chi connectivity index (χ2v) is 8.30. The van der Waals surface area contributed by atoms with E-state index in [1.807, 2.05) is 35.2 Å². The van der Waals surface area contributed by atoms with Gasteiger partial charge < -0.3 is 14.8 Å². The van der Waals surface area contributed by atoms with Crippen molar-refractivity contribution in [3.05, 3.63) is 119 Å². The summed E-state index contributed by atoms with van der Waals surface area (Å²) in [5, 5.41) is 3.14. The Hall–Kier alpha value is -3.79. The zero-order chi connectivity index (χ0) is 22.1. The van der Waals surface area contributed by atoms with Gasteiger partial charge in [0.25, 0.3) is 0 Å². The number of aryl methyl sites for hydroxylation is 2. The van der Waals surface area contributed by atoms with Crippen LogP contribution in [0, 0.1) is 6.92 Å². The number of anilines is 1. The van der Waals surface area contributed by atoms with Gasteiger partial charge in [-0.25, -0.2) is 4.79 Å². The molecule has 160 valence electrons. The van der Waals surface area contributed by atoms with Crippen LogP contribution in [0.1, 0.15) is 40.9 Å². The van der Waals surface area contributed by atoms with Gasteiger partial charge in [-0.05, 0) is 65.9 Å². The van der Waals surface area contributed by atoms with Crippen LogP contribution in [0.5, 0.6) is 0 Å². The number of carbonyl (C=O) groups is 1. The first-order chi connectivity index (χ1) is 15.7. The Balaban J connectivity index is 1.61. The van der Waals surface area contributed by atoms with E-state index in [1.54, 1.807) is 0 Å². The Kier molecular flexibility index (Phi) is 5.28. The molecule has 1 atom stereocenters. The van der Waals surface area contributed by atoms with Crippen molar-refractivity contribution < 1.29 is 4.79 Å². The molecule has 4 heteroatoms. The first-order valence-electron chi connectivity index (χ1n) is 11.1. The zero-order valence-corrected chi connectivity index (χ0v) is 18.5. The quantitative estimate of drug-likeness (QED) is 0.404. The van der Waals surface area contributed by atoms with Crippen LogP contribution < -0.4 is 5.32 Å². The summed E-state index contributed by atoms with van der Waals surface area (Å²) in [5.41, 5.74) is 7.69. The van der Waals surface area contributed by atoms with E-state index in [4.69, 9.17) is 0 Å². The minimum atomic E-state index is -0.200. The van der Waals surface area contributed by atoms with Gasteiger partial charge in [0.1, 0.15) is 6.04 Å². The topological polar surface area (TPSA) is 37.3 Å². The summed E-state index contributed by atoms with van der Waals surface area (Å²) in [4.78, 5) is 15.7. The lowest BCUT2D eigenvalue weighted by atomic mass is 9.97. The molecule has 4 aromatic rings. The fourth-order valence-corrected chi connectivity index (χ4v) is 4.58. The van der Waals surface area contributed by atoms with E-state index >= 15 is 0 Å². The molecule has 0 spiro atoms. The summed E-state index contributed by atoms with van der Waals surface area (Å²) < 4.78 is 2.22. The lowest BCUT2D eigenvalue weighted by Gasteiger charge is -2.32. The van der Waals surface area contributed by atoms with Gasteiger partial charge in [0.15, 0.2) is 0 Å². The minimum Gasteiger partial charge on any atom is -0.318 e. The fourth-order valence-electron chi connectivity index (χ4n) is 4.58. The molecule has 0 saturated carbocycles. The Morgan fingerprint density at radius 2 is 1.69 bits per heavy atom. The smallest absolute Gasteiger partial charge is 0.318 e. The van der Waals surface area contributed by atoms with Crippen molar-refractivity contribution in [2.45, 2.75) is 32.9 Å². The summed E-state index contributed by atoms with van der Waals surface area (Å²) in [6, 6.07) is 28.6.